The van der Waals surface area contributed by atoms with Gasteiger partial charge in [-0.3, -0.25) is 0 Å². The van der Waals surface area contributed by atoms with Gasteiger partial charge in [-0.15, -0.1) is 5.73 Å². The molecule has 16 heavy (non-hydrogen) atoms. The molecule has 1 saturated carbocycles. The zero-order chi connectivity index (χ0) is 11.2. The summed E-state index contributed by atoms with van der Waals surface area (Å²) >= 11 is 5.83. The van der Waals surface area contributed by atoms with Crippen molar-refractivity contribution in [1.82, 2.24) is 0 Å². The molecule has 0 N–H and O–H groups in total. The summed E-state index contributed by atoms with van der Waals surface area (Å²) < 4.78 is 0. The fourth-order valence-corrected chi connectivity index (χ4v) is 2.27. The van der Waals surface area contributed by atoms with E-state index in [1.165, 1.54) is 32.1 Å². The summed E-state index contributed by atoms with van der Waals surface area (Å²) in [5.41, 5.74) is 4.46. The second-order valence-corrected chi connectivity index (χ2v) is 4.86. The van der Waals surface area contributed by atoms with E-state index < -0.39 is 0 Å². The second kappa shape index (κ2) is 5.94. The van der Waals surface area contributed by atoms with Crippen LogP contribution in [0.5, 0.6) is 0 Å². The van der Waals surface area contributed by atoms with E-state index in [-0.39, 0.29) is 0 Å². The molecule has 0 radical (unpaired) electrons. The van der Waals surface area contributed by atoms with E-state index in [0.717, 1.165) is 16.5 Å². The first-order valence-corrected chi connectivity index (χ1v) is 6.40. The van der Waals surface area contributed by atoms with Crippen LogP contribution in [0.1, 0.15) is 37.7 Å². The third-order valence-corrected chi connectivity index (χ3v) is 3.35. The molecule has 84 valence electrons. The van der Waals surface area contributed by atoms with Crippen LogP contribution in [0.2, 0.25) is 5.02 Å². The third-order valence-electron chi connectivity index (χ3n) is 3.10. The second-order valence-electron chi connectivity index (χ2n) is 4.43. The predicted octanol–water partition coefficient (Wildman–Crippen LogP) is 5.09. The van der Waals surface area contributed by atoms with E-state index in [4.69, 9.17) is 11.6 Å². The third kappa shape index (κ3) is 3.56. The summed E-state index contributed by atoms with van der Waals surface area (Å²) in [5, 5.41) is 0.786. The van der Waals surface area contributed by atoms with Gasteiger partial charge in [0.1, 0.15) is 0 Å². The van der Waals surface area contributed by atoms with Gasteiger partial charge in [0.05, 0.1) is 0 Å². The zero-order valence-corrected chi connectivity index (χ0v) is 10.2. The van der Waals surface area contributed by atoms with Gasteiger partial charge in [-0.05, 0) is 48.6 Å². The Bertz CT molecular complexity index is 376. The van der Waals surface area contributed by atoms with Gasteiger partial charge in [0.25, 0.3) is 0 Å². The van der Waals surface area contributed by atoms with Gasteiger partial charge in [0.2, 0.25) is 0 Å². The Morgan fingerprint density at radius 3 is 2.44 bits per heavy atom. The highest BCUT2D eigenvalue weighted by atomic mass is 35.5. The Kier molecular flexibility index (Phi) is 4.27. The Morgan fingerprint density at radius 1 is 1.06 bits per heavy atom. The van der Waals surface area contributed by atoms with Crippen LogP contribution < -0.4 is 0 Å². The van der Waals surface area contributed by atoms with E-state index in [9.17, 15) is 0 Å². The smallest absolute Gasteiger partial charge is 0.0406 e. The van der Waals surface area contributed by atoms with Gasteiger partial charge in [0, 0.05) is 5.02 Å². The van der Waals surface area contributed by atoms with Gasteiger partial charge in [0.15, 0.2) is 0 Å². The summed E-state index contributed by atoms with van der Waals surface area (Å²) in [6, 6.07) is 7.86. The highest BCUT2D eigenvalue weighted by molar-refractivity contribution is 6.30. The normalized spacial score (nSPS) is 16.6. The molecule has 1 fully saturated rings. The van der Waals surface area contributed by atoms with Crippen molar-refractivity contribution in [3.05, 3.63) is 46.7 Å². The van der Waals surface area contributed by atoms with Crippen LogP contribution in [0.15, 0.2) is 36.1 Å². The van der Waals surface area contributed by atoms with E-state index in [1.54, 1.807) is 0 Å². The molecule has 1 heteroatoms. The molecule has 0 amide bonds. The van der Waals surface area contributed by atoms with Crippen molar-refractivity contribution in [2.45, 2.75) is 32.1 Å². The average Bonchev–Trinajstić information content (AvgIpc) is 2.33. The molecule has 0 saturated heterocycles. The fraction of sp³-hybridized carbons (Fsp3) is 0.400. The molecule has 1 aromatic carbocycles. The van der Waals surface area contributed by atoms with Crippen LogP contribution in [0.25, 0.3) is 6.08 Å². The van der Waals surface area contributed by atoms with E-state index >= 15 is 0 Å². The van der Waals surface area contributed by atoms with E-state index in [0.29, 0.717) is 0 Å². The summed E-state index contributed by atoms with van der Waals surface area (Å²) in [4.78, 5) is 0. The Hall–Kier alpha value is -0.970. The first-order chi connectivity index (χ1) is 7.84. The number of halogens is 1. The molecule has 1 aromatic rings. The number of hydrogen-bond acceptors (Lipinski definition) is 0. The van der Waals surface area contributed by atoms with Crippen molar-refractivity contribution in [3.8, 4) is 0 Å². The van der Waals surface area contributed by atoms with Crippen molar-refractivity contribution >= 4 is 17.7 Å². The van der Waals surface area contributed by atoms with E-state index in [2.05, 4.69) is 11.8 Å². The van der Waals surface area contributed by atoms with Crippen LogP contribution in [-0.2, 0) is 0 Å². The molecule has 0 heterocycles. The molecule has 1 aliphatic rings. The Morgan fingerprint density at radius 2 is 1.75 bits per heavy atom. The van der Waals surface area contributed by atoms with Gasteiger partial charge < -0.3 is 0 Å². The molecule has 2 rings (SSSR count). The lowest BCUT2D eigenvalue weighted by molar-refractivity contribution is 0.420. The standard InChI is InChI=1S/C15H17Cl/c16-15-11-9-14(10-12-15)8-4-7-13-5-2-1-3-6-13/h7-13H,1-3,5-6H2. The van der Waals surface area contributed by atoms with Crippen molar-refractivity contribution < 1.29 is 0 Å². The van der Waals surface area contributed by atoms with Gasteiger partial charge in [-0.1, -0.05) is 43.0 Å². The zero-order valence-electron chi connectivity index (χ0n) is 9.45. The quantitative estimate of drug-likeness (QED) is 0.623. The predicted molar refractivity (Wildman–Crippen MR) is 70.6 cm³/mol. The fourth-order valence-electron chi connectivity index (χ4n) is 2.14. The highest BCUT2D eigenvalue weighted by Crippen LogP contribution is 2.24. The monoisotopic (exact) mass is 232 g/mol. The van der Waals surface area contributed by atoms with E-state index in [1.807, 2.05) is 30.3 Å². The number of rotatable bonds is 2. The molecule has 0 nitrogen and oxygen atoms in total. The maximum atomic E-state index is 5.83. The maximum absolute atomic E-state index is 5.83. The number of hydrogen-bond donors (Lipinski definition) is 0. The molecule has 0 aromatic heterocycles. The summed E-state index contributed by atoms with van der Waals surface area (Å²) in [7, 11) is 0. The maximum Gasteiger partial charge on any atom is 0.0406 e. The van der Waals surface area contributed by atoms with Gasteiger partial charge in [-0.2, -0.15) is 0 Å². The lowest BCUT2D eigenvalue weighted by Crippen LogP contribution is -2.01. The van der Waals surface area contributed by atoms with Crippen LogP contribution in [0.3, 0.4) is 0 Å². The molecular formula is C15H17Cl. The average molecular weight is 233 g/mol. The topological polar surface area (TPSA) is 0 Å². The lowest BCUT2D eigenvalue weighted by atomic mass is 9.89. The van der Waals surface area contributed by atoms with Crippen molar-refractivity contribution in [2.75, 3.05) is 0 Å². The molecule has 1 aliphatic carbocycles. The van der Waals surface area contributed by atoms with Crippen LogP contribution in [0, 0.1) is 5.92 Å². The van der Waals surface area contributed by atoms with Crippen LogP contribution in [-0.4, -0.2) is 0 Å². The molecule has 0 unspecified atom stereocenters. The van der Waals surface area contributed by atoms with Gasteiger partial charge in [-0.25, -0.2) is 0 Å². The summed E-state index contributed by atoms with van der Waals surface area (Å²) in [5.74, 6) is 0.748. The van der Waals surface area contributed by atoms with Crippen molar-refractivity contribution in [1.29, 1.82) is 0 Å². The van der Waals surface area contributed by atoms with Gasteiger partial charge >= 0.3 is 0 Å². The number of benzene rings is 1. The number of allylic oxidation sites excluding steroid dienone is 1. The SMILES string of the molecule is Clc1ccc(C=C=CC2CCCCC2)cc1. The highest BCUT2D eigenvalue weighted by Gasteiger charge is 2.08. The minimum absolute atomic E-state index is 0.748. The first kappa shape index (κ1) is 11.5. The molecule has 0 aliphatic heterocycles. The molecule has 0 bridgehead atoms. The minimum Gasteiger partial charge on any atom is -0.124 e. The first-order valence-electron chi connectivity index (χ1n) is 6.03. The largest absolute Gasteiger partial charge is 0.124 e. The minimum atomic E-state index is 0.748. The summed E-state index contributed by atoms with van der Waals surface area (Å²) in [6.07, 6.45) is 11.1. The van der Waals surface area contributed by atoms with Crippen LogP contribution in [0.4, 0.5) is 0 Å². The molecular weight excluding hydrogens is 216 g/mol. The van der Waals surface area contributed by atoms with Crippen molar-refractivity contribution in [3.63, 3.8) is 0 Å². The summed E-state index contributed by atoms with van der Waals surface area (Å²) in [6.45, 7) is 0. The van der Waals surface area contributed by atoms with Crippen molar-refractivity contribution in [2.24, 2.45) is 5.92 Å². The lowest BCUT2D eigenvalue weighted by Gasteiger charge is -2.16. The Balaban J connectivity index is 1.97. The Labute approximate surface area is 103 Å². The molecule has 0 atom stereocenters. The van der Waals surface area contributed by atoms with Crippen LogP contribution >= 0.6 is 11.6 Å². The molecule has 0 spiro atoms.